The number of carbonyl (C=O) groups is 1. The number of nitrogens with two attached hydrogens (primary N) is 1. The molecule has 0 saturated heterocycles. The Kier molecular flexibility index (Phi) is 6.56. The molecule has 1 rings (SSSR count). The molecule has 3 N–H and O–H groups in total. The number of nitrogens with one attached hydrogen (secondary N) is 1. The van der Waals surface area contributed by atoms with Gasteiger partial charge in [-0.3, -0.25) is 4.79 Å². The van der Waals surface area contributed by atoms with Crippen molar-refractivity contribution in [2.75, 3.05) is 0 Å². The van der Waals surface area contributed by atoms with Crippen LogP contribution in [0.5, 0.6) is 0 Å². The van der Waals surface area contributed by atoms with Gasteiger partial charge in [-0.05, 0) is 39.0 Å². The summed E-state index contributed by atoms with van der Waals surface area (Å²) in [5.74, 6) is 0.843. The van der Waals surface area contributed by atoms with Crippen LogP contribution < -0.4 is 11.1 Å². The lowest BCUT2D eigenvalue weighted by Crippen LogP contribution is -2.38. The summed E-state index contributed by atoms with van der Waals surface area (Å²) >= 11 is 0. The summed E-state index contributed by atoms with van der Waals surface area (Å²) in [6.07, 6.45) is 9.26. The molecule has 0 aromatic heterocycles. The van der Waals surface area contributed by atoms with E-state index in [1.807, 2.05) is 6.92 Å². The standard InChI is InChI=1S/C14H28N2O/c1-11(15)9-10-14(17)16-12(2)13-7-5-3-4-6-8-13/h11-13H,3-10,15H2,1-2H3,(H,16,17)/t11?,12-/m0/s1. The van der Waals surface area contributed by atoms with E-state index in [9.17, 15) is 4.79 Å². The Morgan fingerprint density at radius 2 is 1.82 bits per heavy atom. The summed E-state index contributed by atoms with van der Waals surface area (Å²) in [5, 5.41) is 3.14. The molecule has 0 heterocycles. The number of carbonyl (C=O) groups excluding carboxylic acids is 1. The van der Waals surface area contributed by atoms with Crippen LogP contribution in [-0.2, 0) is 4.79 Å². The molecule has 0 spiro atoms. The Bertz CT molecular complexity index is 220. The van der Waals surface area contributed by atoms with Gasteiger partial charge in [0.15, 0.2) is 0 Å². The molecule has 1 amide bonds. The van der Waals surface area contributed by atoms with Crippen molar-refractivity contribution >= 4 is 5.91 Å². The van der Waals surface area contributed by atoms with Gasteiger partial charge in [0.2, 0.25) is 5.91 Å². The largest absolute Gasteiger partial charge is 0.353 e. The average Bonchev–Trinajstić information content (AvgIpc) is 2.54. The van der Waals surface area contributed by atoms with E-state index in [-0.39, 0.29) is 11.9 Å². The van der Waals surface area contributed by atoms with Crippen LogP contribution in [0.25, 0.3) is 0 Å². The first kappa shape index (κ1) is 14.5. The van der Waals surface area contributed by atoms with E-state index < -0.39 is 0 Å². The maximum atomic E-state index is 11.7. The van der Waals surface area contributed by atoms with Crippen molar-refractivity contribution in [2.45, 2.75) is 77.3 Å². The molecule has 1 saturated carbocycles. The third-order valence-electron chi connectivity index (χ3n) is 3.82. The molecular formula is C14H28N2O. The van der Waals surface area contributed by atoms with Gasteiger partial charge in [0.05, 0.1) is 0 Å². The van der Waals surface area contributed by atoms with Crippen LogP contribution in [-0.4, -0.2) is 18.0 Å². The lowest BCUT2D eigenvalue weighted by molar-refractivity contribution is -0.122. The number of amides is 1. The summed E-state index contributed by atoms with van der Waals surface area (Å²) in [7, 11) is 0. The van der Waals surface area contributed by atoms with E-state index >= 15 is 0 Å². The number of hydrogen-bond donors (Lipinski definition) is 2. The Balaban J connectivity index is 2.26. The highest BCUT2D eigenvalue weighted by atomic mass is 16.1. The Morgan fingerprint density at radius 1 is 1.24 bits per heavy atom. The summed E-state index contributed by atoms with van der Waals surface area (Å²) in [4.78, 5) is 11.7. The average molecular weight is 240 g/mol. The third-order valence-corrected chi connectivity index (χ3v) is 3.82. The molecule has 1 fully saturated rings. The molecule has 3 heteroatoms. The minimum Gasteiger partial charge on any atom is -0.353 e. The van der Waals surface area contributed by atoms with Crippen LogP contribution in [0.2, 0.25) is 0 Å². The summed E-state index contributed by atoms with van der Waals surface area (Å²) in [6.45, 7) is 4.10. The van der Waals surface area contributed by atoms with Crippen molar-refractivity contribution < 1.29 is 4.79 Å². The van der Waals surface area contributed by atoms with E-state index in [2.05, 4.69) is 12.2 Å². The van der Waals surface area contributed by atoms with Gasteiger partial charge in [0.25, 0.3) is 0 Å². The topological polar surface area (TPSA) is 55.1 Å². The van der Waals surface area contributed by atoms with Crippen LogP contribution in [0.3, 0.4) is 0 Å². The van der Waals surface area contributed by atoms with Crippen LogP contribution in [0.15, 0.2) is 0 Å². The predicted octanol–water partition coefficient (Wildman–Crippen LogP) is 2.59. The molecular weight excluding hydrogens is 212 g/mol. The molecule has 0 radical (unpaired) electrons. The van der Waals surface area contributed by atoms with Crippen LogP contribution in [0.1, 0.15) is 65.2 Å². The molecule has 0 aromatic rings. The quantitative estimate of drug-likeness (QED) is 0.726. The zero-order valence-corrected chi connectivity index (χ0v) is 11.4. The van der Waals surface area contributed by atoms with E-state index in [0.717, 1.165) is 6.42 Å². The Morgan fingerprint density at radius 3 is 2.35 bits per heavy atom. The van der Waals surface area contributed by atoms with E-state index in [1.165, 1.54) is 38.5 Å². The molecule has 2 atom stereocenters. The first-order chi connectivity index (χ1) is 8.09. The Hall–Kier alpha value is -0.570. The lowest BCUT2D eigenvalue weighted by Gasteiger charge is -2.23. The minimum absolute atomic E-state index is 0.119. The molecule has 0 aliphatic heterocycles. The van der Waals surface area contributed by atoms with Crippen LogP contribution in [0, 0.1) is 5.92 Å². The number of hydrogen-bond acceptors (Lipinski definition) is 2. The van der Waals surface area contributed by atoms with Gasteiger partial charge >= 0.3 is 0 Å². The molecule has 1 aliphatic carbocycles. The number of rotatable bonds is 5. The van der Waals surface area contributed by atoms with Gasteiger partial charge < -0.3 is 11.1 Å². The van der Waals surface area contributed by atoms with Crippen molar-refractivity contribution in [3.8, 4) is 0 Å². The highest BCUT2D eigenvalue weighted by Crippen LogP contribution is 2.25. The summed E-state index contributed by atoms with van der Waals surface area (Å²) < 4.78 is 0. The van der Waals surface area contributed by atoms with E-state index in [1.54, 1.807) is 0 Å². The normalized spacial score (nSPS) is 21.6. The van der Waals surface area contributed by atoms with Gasteiger partial charge in [-0.2, -0.15) is 0 Å². The monoisotopic (exact) mass is 240 g/mol. The second kappa shape index (κ2) is 7.70. The first-order valence-corrected chi connectivity index (χ1v) is 7.14. The second-order valence-corrected chi connectivity index (χ2v) is 5.62. The predicted molar refractivity (Wildman–Crippen MR) is 71.7 cm³/mol. The van der Waals surface area contributed by atoms with Gasteiger partial charge in [0, 0.05) is 18.5 Å². The lowest BCUT2D eigenvalue weighted by atomic mass is 9.93. The summed E-state index contributed by atoms with van der Waals surface area (Å²) in [6, 6.07) is 0.447. The minimum atomic E-state index is 0.119. The van der Waals surface area contributed by atoms with Crippen molar-refractivity contribution in [2.24, 2.45) is 11.7 Å². The fourth-order valence-corrected chi connectivity index (χ4v) is 2.61. The third kappa shape index (κ3) is 6.06. The van der Waals surface area contributed by atoms with Gasteiger partial charge in [-0.25, -0.2) is 0 Å². The van der Waals surface area contributed by atoms with Gasteiger partial charge in [-0.15, -0.1) is 0 Å². The highest BCUT2D eigenvalue weighted by Gasteiger charge is 2.20. The molecule has 1 aliphatic rings. The van der Waals surface area contributed by atoms with Crippen molar-refractivity contribution in [1.29, 1.82) is 0 Å². The smallest absolute Gasteiger partial charge is 0.220 e. The van der Waals surface area contributed by atoms with E-state index in [4.69, 9.17) is 5.73 Å². The highest BCUT2D eigenvalue weighted by molar-refractivity contribution is 5.76. The van der Waals surface area contributed by atoms with Gasteiger partial charge in [0.1, 0.15) is 0 Å². The van der Waals surface area contributed by atoms with Crippen molar-refractivity contribution in [3.63, 3.8) is 0 Å². The molecule has 0 aromatic carbocycles. The SMILES string of the molecule is CC(N)CCC(=O)N[C@@H](C)C1CCCCCC1. The molecule has 0 bridgehead atoms. The van der Waals surface area contributed by atoms with Crippen molar-refractivity contribution in [3.05, 3.63) is 0 Å². The zero-order chi connectivity index (χ0) is 12.7. The van der Waals surface area contributed by atoms with Crippen molar-refractivity contribution in [1.82, 2.24) is 5.32 Å². The maximum Gasteiger partial charge on any atom is 0.220 e. The van der Waals surface area contributed by atoms with Crippen LogP contribution in [0.4, 0.5) is 0 Å². The molecule has 100 valence electrons. The Labute approximate surface area is 106 Å². The van der Waals surface area contributed by atoms with Crippen LogP contribution >= 0.6 is 0 Å². The fourth-order valence-electron chi connectivity index (χ4n) is 2.61. The molecule has 17 heavy (non-hydrogen) atoms. The summed E-state index contributed by atoms with van der Waals surface area (Å²) in [5.41, 5.74) is 5.65. The van der Waals surface area contributed by atoms with Gasteiger partial charge in [-0.1, -0.05) is 25.7 Å². The fraction of sp³-hybridized carbons (Fsp3) is 0.929. The second-order valence-electron chi connectivity index (χ2n) is 5.62. The molecule has 3 nitrogen and oxygen atoms in total. The first-order valence-electron chi connectivity index (χ1n) is 7.14. The molecule has 1 unspecified atom stereocenters. The van der Waals surface area contributed by atoms with E-state index in [0.29, 0.717) is 18.4 Å². The zero-order valence-electron chi connectivity index (χ0n) is 11.4. The maximum absolute atomic E-state index is 11.7.